The van der Waals surface area contributed by atoms with Gasteiger partial charge in [0.2, 0.25) is 5.91 Å². The number of rotatable bonds is 21. The molecular formula is C30H47NO6. The molecule has 1 rings (SSSR count). The van der Waals surface area contributed by atoms with E-state index >= 15 is 0 Å². The Morgan fingerprint density at radius 1 is 0.973 bits per heavy atom. The minimum absolute atomic E-state index is 0.322. The lowest BCUT2D eigenvalue weighted by Crippen LogP contribution is -2.49. The number of Topliss-reactive ketones (excluding diaryl/α,β-unsaturated/α-hetero) is 1. The van der Waals surface area contributed by atoms with Crippen molar-refractivity contribution < 1.29 is 29.3 Å². The van der Waals surface area contributed by atoms with E-state index in [9.17, 15) is 24.6 Å². The molecule has 0 aliphatic carbocycles. The zero-order valence-corrected chi connectivity index (χ0v) is 23.0. The number of ether oxygens (including phenoxy) is 1. The van der Waals surface area contributed by atoms with Gasteiger partial charge in [-0.2, -0.15) is 0 Å². The zero-order chi connectivity index (χ0) is 27.5. The van der Waals surface area contributed by atoms with Gasteiger partial charge in [-0.15, -0.1) is 0 Å². The molecular weight excluding hydrogens is 470 g/mol. The monoisotopic (exact) mass is 517 g/mol. The van der Waals surface area contributed by atoms with Crippen molar-refractivity contribution in [1.82, 2.24) is 5.32 Å². The fourth-order valence-electron chi connectivity index (χ4n) is 4.12. The van der Waals surface area contributed by atoms with Crippen LogP contribution in [0.25, 0.3) is 0 Å². The average molecular weight is 518 g/mol. The standard InChI is InChI=1S/C30H47NO6/c1-4-5-6-9-12-15-25(32)16-13-10-7-8-11-14-17-27(30(2,36)29(34)35)28(33)31-23-22-24-18-20-26(37-3)21-19-24/h14,17-21,27,36H,4-13,15-16,22-23H2,1-3H3,(H,31,33)(H,34,35)/b17-14+/t27-,30+/m1/s1. The third-order valence-electron chi connectivity index (χ3n) is 6.66. The Bertz CT molecular complexity index is 831. The van der Waals surface area contributed by atoms with Gasteiger partial charge in [0.1, 0.15) is 11.5 Å². The predicted octanol–water partition coefficient (Wildman–Crippen LogP) is 5.63. The third kappa shape index (κ3) is 13.4. The highest BCUT2D eigenvalue weighted by Crippen LogP contribution is 2.21. The average Bonchev–Trinajstić information content (AvgIpc) is 2.87. The van der Waals surface area contributed by atoms with Gasteiger partial charge in [-0.3, -0.25) is 9.59 Å². The molecule has 0 aliphatic rings. The first-order valence-electron chi connectivity index (χ1n) is 13.8. The molecule has 0 heterocycles. The van der Waals surface area contributed by atoms with Crippen molar-refractivity contribution in [2.75, 3.05) is 13.7 Å². The summed E-state index contributed by atoms with van der Waals surface area (Å²) in [5.74, 6) is -2.06. The summed E-state index contributed by atoms with van der Waals surface area (Å²) in [7, 11) is 1.59. The van der Waals surface area contributed by atoms with Crippen LogP contribution in [0.3, 0.4) is 0 Å². The van der Waals surface area contributed by atoms with E-state index in [4.69, 9.17) is 4.74 Å². The van der Waals surface area contributed by atoms with E-state index in [0.29, 0.717) is 38.0 Å². The molecule has 0 saturated heterocycles. The fraction of sp³-hybridized carbons (Fsp3) is 0.633. The molecule has 7 nitrogen and oxygen atoms in total. The van der Waals surface area contributed by atoms with Crippen LogP contribution in [0.15, 0.2) is 36.4 Å². The first kappa shape index (κ1) is 32.4. The second-order valence-corrected chi connectivity index (χ2v) is 9.90. The number of benzene rings is 1. The normalized spacial score (nSPS) is 13.7. The van der Waals surface area contributed by atoms with Gasteiger partial charge in [-0.05, 0) is 56.7 Å². The van der Waals surface area contributed by atoms with Crippen molar-refractivity contribution in [3.05, 3.63) is 42.0 Å². The van der Waals surface area contributed by atoms with Crippen molar-refractivity contribution >= 4 is 17.7 Å². The molecule has 7 heteroatoms. The second-order valence-electron chi connectivity index (χ2n) is 9.90. The number of carbonyl (C=O) groups is 3. The van der Waals surface area contributed by atoms with Crippen LogP contribution in [0.5, 0.6) is 5.75 Å². The quantitative estimate of drug-likeness (QED) is 0.144. The number of aliphatic carboxylic acids is 1. The predicted molar refractivity (Wildman–Crippen MR) is 147 cm³/mol. The van der Waals surface area contributed by atoms with Gasteiger partial charge in [0.25, 0.3) is 0 Å². The lowest BCUT2D eigenvalue weighted by Gasteiger charge is -2.25. The third-order valence-corrected chi connectivity index (χ3v) is 6.66. The number of aliphatic hydroxyl groups is 1. The number of methoxy groups -OCH3 is 1. The Morgan fingerprint density at radius 3 is 2.14 bits per heavy atom. The first-order chi connectivity index (χ1) is 17.7. The number of carbonyl (C=O) groups excluding carboxylic acids is 2. The summed E-state index contributed by atoms with van der Waals surface area (Å²) < 4.78 is 5.13. The number of ketones is 1. The molecule has 0 radical (unpaired) electrons. The number of carboxylic acid groups (broad SMARTS) is 1. The van der Waals surface area contributed by atoms with Gasteiger partial charge in [0, 0.05) is 19.4 Å². The summed E-state index contributed by atoms with van der Waals surface area (Å²) in [6, 6.07) is 7.48. The van der Waals surface area contributed by atoms with E-state index in [1.807, 2.05) is 24.3 Å². The van der Waals surface area contributed by atoms with E-state index in [1.165, 1.54) is 25.3 Å². The van der Waals surface area contributed by atoms with Gasteiger partial charge < -0.3 is 20.3 Å². The summed E-state index contributed by atoms with van der Waals surface area (Å²) in [6.45, 7) is 3.65. The SMILES string of the molecule is CCCCCCCC(=O)CCCCCC/C=C/[C@H](C(=O)NCCc1ccc(OC)cc1)[C@](C)(O)C(=O)O. The van der Waals surface area contributed by atoms with Gasteiger partial charge in [-0.1, -0.05) is 69.7 Å². The maximum absolute atomic E-state index is 12.7. The van der Waals surface area contributed by atoms with E-state index in [-0.39, 0.29) is 0 Å². The Morgan fingerprint density at radius 2 is 1.57 bits per heavy atom. The summed E-state index contributed by atoms with van der Waals surface area (Å²) in [5, 5.41) is 22.7. The van der Waals surface area contributed by atoms with Gasteiger partial charge in [0.05, 0.1) is 13.0 Å². The number of carboxylic acids is 1. The fourth-order valence-corrected chi connectivity index (χ4v) is 4.12. The molecule has 0 spiro atoms. The number of nitrogens with one attached hydrogen (secondary N) is 1. The molecule has 0 unspecified atom stereocenters. The van der Waals surface area contributed by atoms with Gasteiger partial charge in [-0.25, -0.2) is 4.79 Å². The van der Waals surface area contributed by atoms with Crippen molar-refractivity contribution in [1.29, 1.82) is 0 Å². The molecule has 37 heavy (non-hydrogen) atoms. The molecule has 1 aromatic carbocycles. The van der Waals surface area contributed by atoms with Crippen molar-refractivity contribution in [3.8, 4) is 5.75 Å². The summed E-state index contributed by atoms with van der Waals surface area (Å²) in [5.41, 5.74) is -1.20. The van der Waals surface area contributed by atoms with E-state index in [0.717, 1.165) is 56.8 Å². The highest BCUT2D eigenvalue weighted by atomic mass is 16.5. The molecule has 0 aliphatic heterocycles. The molecule has 1 aromatic rings. The molecule has 0 bridgehead atoms. The molecule has 0 aromatic heterocycles. The second kappa shape index (κ2) is 18.6. The van der Waals surface area contributed by atoms with Crippen LogP contribution in [0, 0.1) is 5.92 Å². The molecule has 208 valence electrons. The van der Waals surface area contributed by atoms with Crippen LogP contribution in [-0.4, -0.2) is 47.1 Å². The number of hydrogen-bond donors (Lipinski definition) is 3. The topological polar surface area (TPSA) is 113 Å². The Kier molecular flexibility index (Phi) is 16.2. The van der Waals surface area contributed by atoms with Crippen LogP contribution in [-0.2, 0) is 20.8 Å². The maximum atomic E-state index is 12.7. The molecule has 2 atom stereocenters. The van der Waals surface area contributed by atoms with E-state index in [2.05, 4.69) is 12.2 Å². The van der Waals surface area contributed by atoms with Crippen molar-refractivity contribution in [2.45, 2.75) is 103 Å². The lowest BCUT2D eigenvalue weighted by atomic mass is 9.87. The summed E-state index contributed by atoms with van der Waals surface area (Å²) in [4.78, 5) is 36.3. The van der Waals surface area contributed by atoms with Gasteiger partial charge in [0.15, 0.2) is 5.60 Å². The van der Waals surface area contributed by atoms with Crippen LogP contribution in [0.4, 0.5) is 0 Å². The Labute approximate surface area is 222 Å². The van der Waals surface area contributed by atoms with Crippen LogP contribution < -0.4 is 10.1 Å². The van der Waals surface area contributed by atoms with E-state index in [1.54, 1.807) is 13.2 Å². The zero-order valence-electron chi connectivity index (χ0n) is 23.0. The number of amides is 1. The number of hydrogen-bond acceptors (Lipinski definition) is 5. The highest BCUT2D eigenvalue weighted by molar-refractivity contribution is 5.90. The smallest absolute Gasteiger partial charge is 0.336 e. The van der Waals surface area contributed by atoms with E-state index < -0.39 is 23.4 Å². The Hall–Kier alpha value is -2.67. The summed E-state index contributed by atoms with van der Waals surface area (Å²) in [6.07, 6.45) is 15.4. The van der Waals surface area contributed by atoms with Crippen LogP contribution >= 0.6 is 0 Å². The van der Waals surface area contributed by atoms with Gasteiger partial charge >= 0.3 is 5.97 Å². The molecule has 0 fully saturated rings. The van der Waals surface area contributed by atoms with Crippen molar-refractivity contribution in [2.24, 2.45) is 5.92 Å². The summed E-state index contributed by atoms with van der Waals surface area (Å²) >= 11 is 0. The highest BCUT2D eigenvalue weighted by Gasteiger charge is 2.42. The minimum Gasteiger partial charge on any atom is -0.497 e. The molecule has 1 amide bonds. The van der Waals surface area contributed by atoms with Crippen molar-refractivity contribution in [3.63, 3.8) is 0 Å². The number of unbranched alkanes of at least 4 members (excludes halogenated alkanes) is 8. The van der Waals surface area contributed by atoms with Crippen LogP contribution in [0.1, 0.15) is 96.5 Å². The minimum atomic E-state index is -2.21. The molecule has 3 N–H and O–H groups in total. The largest absolute Gasteiger partial charge is 0.497 e. The first-order valence-corrected chi connectivity index (χ1v) is 13.8. The molecule has 0 saturated carbocycles. The number of allylic oxidation sites excluding steroid dienone is 1. The maximum Gasteiger partial charge on any atom is 0.336 e. The Balaban J connectivity index is 2.38. The van der Waals surface area contributed by atoms with Crippen LogP contribution in [0.2, 0.25) is 0 Å². The lowest BCUT2D eigenvalue weighted by molar-refractivity contribution is -0.163.